The number of aromatic nitrogens is 1. The normalized spacial score (nSPS) is 10.8. The predicted molar refractivity (Wildman–Crippen MR) is 130 cm³/mol. The Labute approximate surface area is 197 Å². The molecule has 7 heteroatoms. The molecule has 1 heterocycles. The van der Waals surface area contributed by atoms with E-state index in [1.807, 2.05) is 30.3 Å². The van der Waals surface area contributed by atoms with Gasteiger partial charge in [0.1, 0.15) is 0 Å². The molecular formula is C24H16BrClN2O2S. The summed E-state index contributed by atoms with van der Waals surface area (Å²) < 4.78 is 0.733. The van der Waals surface area contributed by atoms with Crippen LogP contribution in [-0.4, -0.2) is 22.4 Å². The summed E-state index contributed by atoms with van der Waals surface area (Å²) in [4.78, 5) is 31.1. The second kappa shape index (κ2) is 9.64. The third-order valence-electron chi connectivity index (χ3n) is 4.57. The zero-order valence-corrected chi connectivity index (χ0v) is 19.3. The van der Waals surface area contributed by atoms with Gasteiger partial charge in [-0.3, -0.25) is 14.6 Å². The maximum absolute atomic E-state index is 13.1. The van der Waals surface area contributed by atoms with Crippen molar-refractivity contribution in [3.63, 3.8) is 0 Å². The Bertz CT molecular complexity index is 1290. The molecule has 31 heavy (non-hydrogen) atoms. The number of hydrogen-bond acceptors (Lipinski definition) is 4. The summed E-state index contributed by atoms with van der Waals surface area (Å²) in [6.07, 6.45) is 1.74. The third-order valence-corrected chi connectivity index (χ3v) is 6.44. The Hall–Kier alpha value is -2.67. The number of hydrogen-bond donors (Lipinski definition) is 1. The van der Waals surface area contributed by atoms with Gasteiger partial charge in [0, 0.05) is 32.1 Å². The number of carbonyl (C=O) groups excluding carboxylic acids is 2. The molecular weight excluding hydrogens is 496 g/mol. The summed E-state index contributed by atoms with van der Waals surface area (Å²) in [6, 6.07) is 21.8. The van der Waals surface area contributed by atoms with Crippen LogP contribution in [0.2, 0.25) is 5.02 Å². The number of pyridine rings is 1. The van der Waals surface area contributed by atoms with Gasteiger partial charge in [0.15, 0.2) is 5.78 Å². The van der Waals surface area contributed by atoms with Crippen LogP contribution < -0.4 is 5.32 Å². The van der Waals surface area contributed by atoms with E-state index in [2.05, 4.69) is 26.2 Å². The number of nitrogens with zero attached hydrogens (tertiary/aromatic N) is 1. The van der Waals surface area contributed by atoms with Gasteiger partial charge in [-0.15, -0.1) is 11.8 Å². The van der Waals surface area contributed by atoms with Gasteiger partial charge < -0.3 is 5.32 Å². The van der Waals surface area contributed by atoms with E-state index in [-0.39, 0.29) is 17.4 Å². The van der Waals surface area contributed by atoms with Crippen LogP contribution in [0.4, 0.5) is 5.69 Å². The highest BCUT2D eigenvalue weighted by Crippen LogP contribution is 2.29. The molecule has 4 rings (SSSR count). The number of carbonyl (C=O) groups is 2. The van der Waals surface area contributed by atoms with E-state index in [1.54, 1.807) is 48.7 Å². The van der Waals surface area contributed by atoms with Crippen molar-refractivity contribution in [1.29, 1.82) is 0 Å². The number of ketones is 1. The molecule has 154 valence electrons. The first kappa shape index (κ1) is 21.6. The molecule has 0 aliphatic heterocycles. The highest BCUT2D eigenvalue weighted by atomic mass is 79.9. The Kier molecular flexibility index (Phi) is 6.70. The van der Waals surface area contributed by atoms with Crippen LogP contribution in [0.25, 0.3) is 10.9 Å². The van der Waals surface area contributed by atoms with Crippen molar-refractivity contribution in [2.75, 3.05) is 11.1 Å². The van der Waals surface area contributed by atoms with Crippen LogP contribution in [0, 0.1) is 0 Å². The van der Waals surface area contributed by atoms with Crippen molar-refractivity contribution in [3.8, 4) is 0 Å². The Balaban J connectivity index is 1.53. The van der Waals surface area contributed by atoms with Crippen molar-refractivity contribution in [1.82, 2.24) is 4.98 Å². The maximum atomic E-state index is 13.1. The molecule has 0 atom stereocenters. The van der Waals surface area contributed by atoms with Gasteiger partial charge in [-0.1, -0.05) is 57.9 Å². The van der Waals surface area contributed by atoms with E-state index < -0.39 is 0 Å². The van der Waals surface area contributed by atoms with Crippen LogP contribution >= 0.6 is 39.3 Å². The number of amides is 1. The number of anilines is 1. The molecule has 4 aromatic rings. The molecule has 3 aromatic carbocycles. The first-order valence-corrected chi connectivity index (χ1v) is 11.5. The number of fused-ring (bicyclic) bond motifs is 1. The van der Waals surface area contributed by atoms with Crippen LogP contribution in [0.5, 0.6) is 0 Å². The van der Waals surface area contributed by atoms with Gasteiger partial charge in [0.25, 0.3) is 0 Å². The lowest BCUT2D eigenvalue weighted by molar-refractivity contribution is -0.113. The van der Waals surface area contributed by atoms with E-state index in [9.17, 15) is 9.59 Å². The number of nitrogens with one attached hydrogen (secondary N) is 1. The van der Waals surface area contributed by atoms with Gasteiger partial charge >= 0.3 is 0 Å². The molecule has 0 bridgehead atoms. The Morgan fingerprint density at radius 2 is 1.77 bits per heavy atom. The molecule has 0 saturated carbocycles. The fraction of sp³-hybridized carbons (Fsp3) is 0.0417. The first-order chi connectivity index (χ1) is 15.0. The number of para-hydroxylation sites is 1. The van der Waals surface area contributed by atoms with Gasteiger partial charge in [0.2, 0.25) is 5.91 Å². The first-order valence-electron chi connectivity index (χ1n) is 9.38. The van der Waals surface area contributed by atoms with Crippen molar-refractivity contribution in [2.24, 2.45) is 0 Å². The molecule has 0 radical (unpaired) electrons. The van der Waals surface area contributed by atoms with E-state index in [0.29, 0.717) is 21.8 Å². The summed E-state index contributed by atoms with van der Waals surface area (Å²) in [5, 5.41) is 4.25. The standard InChI is InChI=1S/C24H16BrClN2O2S/c25-16-10-11-20(18(13-16)24(30)17-7-1-2-8-19(17)26)28-22(29)14-31-21-9-3-5-15-6-4-12-27-23(15)21/h1-13H,14H2,(H,28,29). The maximum Gasteiger partial charge on any atom is 0.234 e. The average Bonchev–Trinajstić information content (AvgIpc) is 2.78. The van der Waals surface area contributed by atoms with E-state index in [0.717, 1.165) is 20.3 Å². The van der Waals surface area contributed by atoms with E-state index in [4.69, 9.17) is 11.6 Å². The van der Waals surface area contributed by atoms with E-state index in [1.165, 1.54) is 11.8 Å². The molecule has 0 saturated heterocycles. The van der Waals surface area contributed by atoms with Gasteiger partial charge in [-0.05, 0) is 42.5 Å². The fourth-order valence-electron chi connectivity index (χ4n) is 3.13. The molecule has 0 aliphatic carbocycles. The minimum atomic E-state index is -0.256. The molecule has 0 unspecified atom stereocenters. The van der Waals surface area contributed by atoms with Crippen molar-refractivity contribution in [2.45, 2.75) is 4.90 Å². The minimum absolute atomic E-state index is 0.186. The number of halogens is 2. The number of benzene rings is 3. The molecule has 1 amide bonds. The second-order valence-electron chi connectivity index (χ2n) is 6.67. The fourth-order valence-corrected chi connectivity index (χ4v) is 4.55. The van der Waals surface area contributed by atoms with Crippen molar-refractivity contribution < 1.29 is 9.59 Å². The highest BCUT2D eigenvalue weighted by molar-refractivity contribution is 9.10. The van der Waals surface area contributed by atoms with E-state index >= 15 is 0 Å². The summed E-state index contributed by atoms with van der Waals surface area (Å²) in [5.41, 5.74) is 2.05. The van der Waals surface area contributed by atoms with Gasteiger partial charge in [-0.25, -0.2) is 0 Å². The largest absolute Gasteiger partial charge is 0.325 e. The zero-order valence-electron chi connectivity index (χ0n) is 16.1. The quantitative estimate of drug-likeness (QED) is 0.234. The lowest BCUT2D eigenvalue weighted by atomic mass is 10.0. The third kappa shape index (κ3) is 4.98. The zero-order chi connectivity index (χ0) is 21.8. The highest BCUT2D eigenvalue weighted by Gasteiger charge is 2.18. The molecule has 0 spiro atoms. The topological polar surface area (TPSA) is 59.1 Å². The summed E-state index contributed by atoms with van der Waals surface area (Å²) >= 11 is 11.0. The molecule has 1 N–H and O–H groups in total. The Morgan fingerprint density at radius 1 is 0.968 bits per heavy atom. The lowest BCUT2D eigenvalue weighted by Crippen LogP contribution is -2.17. The van der Waals surface area contributed by atoms with Crippen molar-refractivity contribution in [3.05, 3.63) is 99.6 Å². The van der Waals surface area contributed by atoms with Crippen LogP contribution in [0.3, 0.4) is 0 Å². The van der Waals surface area contributed by atoms with Crippen LogP contribution in [-0.2, 0) is 4.79 Å². The summed E-state index contributed by atoms with van der Waals surface area (Å²) in [6.45, 7) is 0. The van der Waals surface area contributed by atoms with Gasteiger partial charge in [-0.2, -0.15) is 0 Å². The molecule has 0 aliphatic rings. The monoisotopic (exact) mass is 510 g/mol. The molecule has 0 fully saturated rings. The number of rotatable bonds is 6. The van der Waals surface area contributed by atoms with Crippen molar-refractivity contribution >= 4 is 67.6 Å². The predicted octanol–water partition coefficient (Wildman–Crippen LogP) is 6.61. The molecule has 1 aromatic heterocycles. The second-order valence-corrected chi connectivity index (χ2v) is 9.01. The average molecular weight is 512 g/mol. The minimum Gasteiger partial charge on any atom is -0.325 e. The smallest absolute Gasteiger partial charge is 0.234 e. The number of thioether (sulfide) groups is 1. The molecule has 4 nitrogen and oxygen atoms in total. The Morgan fingerprint density at radius 3 is 2.61 bits per heavy atom. The summed E-state index contributed by atoms with van der Waals surface area (Å²) in [7, 11) is 0. The van der Waals surface area contributed by atoms with Crippen LogP contribution in [0.15, 0.2) is 88.4 Å². The van der Waals surface area contributed by atoms with Gasteiger partial charge in [0.05, 0.1) is 22.0 Å². The lowest BCUT2D eigenvalue weighted by Gasteiger charge is -2.12. The summed E-state index contributed by atoms with van der Waals surface area (Å²) in [5.74, 6) is -0.285. The SMILES string of the molecule is O=C(CSc1cccc2cccnc12)Nc1ccc(Br)cc1C(=O)c1ccccc1Cl. The van der Waals surface area contributed by atoms with Crippen LogP contribution in [0.1, 0.15) is 15.9 Å².